The molecule has 0 aliphatic carbocycles. The molecule has 0 atom stereocenters. The number of hydrogen-bond donors (Lipinski definition) is 1. The number of nitrogen functional groups attached to an aromatic ring is 1. The maximum absolute atomic E-state index is 12.0. The number of aryl methyl sites for hydroxylation is 2. The summed E-state index contributed by atoms with van der Waals surface area (Å²) < 4.78 is 6.88. The normalized spacial score (nSPS) is 11.1. The summed E-state index contributed by atoms with van der Waals surface area (Å²) in [4.78, 5) is 12.0. The summed E-state index contributed by atoms with van der Waals surface area (Å²) in [7, 11) is 0. The van der Waals surface area contributed by atoms with Crippen molar-refractivity contribution in [3.63, 3.8) is 0 Å². The molecule has 2 aromatic carbocycles. The van der Waals surface area contributed by atoms with Gasteiger partial charge in [-0.2, -0.15) is 0 Å². The van der Waals surface area contributed by atoms with Gasteiger partial charge in [0.25, 0.3) is 0 Å². The zero-order chi connectivity index (χ0) is 14.3. The van der Waals surface area contributed by atoms with Crippen molar-refractivity contribution < 1.29 is 4.42 Å². The van der Waals surface area contributed by atoms with Crippen molar-refractivity contribution in [3.05, 3.63) is 63.6 Å². The molecule has 20 heavy (non-hydrogen) atoms. The Balaban J connectivity index is 2.18. The highest BCUT2D eigenvalue weighted by Crippen LogP contribution is 2.20. The van der Waals surface area contributed by atoms with E-state index in [0.717, 1.165) is 22.2 Å². The van der Waals surface area contributed by atoms with Crippen LogP contribution in [0.25, 0.3) is 11.1 Å². The average Bonchev–Trinajstić information content (AvgIpc) is 2.70. The monoisotopic (exact) mass is 268 g/mol. The molecular weight excluding hydrogens is 252 g/mol. The molecule has 0 spiro atoms. The van der Waals surface area contributed by atoms with E-state index in [9.17, 15) is 4.79 Å². The van der Waals surface area contributed by atoms with E-state index in [0.29, 0.717) is 17.8 Å². The van der Waals surface area contributed by atoms with Crippen molar-refractivity contribution in [3.8, 4) is 0 Å². The molecule has 4 nitrogen and oxygen atoms in total. The van der Waals surface area contributed by atoms with Crippen molar-refractivity contribution in [1.29, 1.82) is 0 Å². The van der Waals surface area contributed by atoms with Crippen molar-refractivity contribution in [2.75, 3.05) is 5.73 Å². The van der Waals surface area contributed by atoms with Crippen LogP contribution in [0.4, 0.5) is 5.69 Å². The van der Waals surface area contributed by atoms with Crippen molar-refractivity contribution >= 4 is 16.8 Å². The van der Waals surface area contributed by atoms with E-state index in [2.05, 4.69) is 0 Å². The summed E-state index contributed by atoms with van der Waals surface area (Å²) in [5.74, 6) is -0.353. The van der Waals surface area contributed by atoms with Gasteiger partial charge < -0.3 is 10.2 Å². The Bertz CT molecular complexity index is 823. The fourth-order valence-corrected chi connectivity index (χ4v) is 2.49. The number of hydrogen-bond acceptors (Lipinski definition) is 3. The summed E-state index contributed by atoms with van der Waals surface area (Å²) in [6.07, 6.45) is 0. The van der Waals surface area contributed by atoms with E-state index in [1.165, 1.54) is 0 Å². The van der Waals surface area contributed by atoms with E-state index in [1.54, 1.807) is 22.8 Å². The van der Waals surface area contributed by atoms with Crippen LogP contribution in [-0.2, 0) is 6.54 Å². The van der Waals surface area contributed by atoms with Gasteiger partial charge in [-0.1, -0.05) is 18.2 Å². The summed E-state index contributed by atoms with van der Waals surface area (Å²) in [6, 6.07) is 11.3. The van der Waals surface area contributed by atoms with Crippen LogP contribution < -0.4 is 11.5 Å². The molecule has 0 saturated carbocycles. The number of benzene rings is 2. The number of rotatable bonds is 2. The minimum Gasteiger partial charge on any atom is -0.408 e. The molecule has 1 heterocycles. The number of nitrogens with zero attached hydrogens (tertiary/aromatic N) is 1. The highest BCUT2D eigenvalue weighted by atomic mass is 16.4. The summed E-state index contributed by atoms with van der Waals surface area (Å²) in [5.41, 5.74) is 11.2. The molecule has 0 saturated heterocycles. The van der Waals surface area contributed by atoms with Crippen LogP contribution in [0.5, 0.6) is 0 Å². The quantitative estimate of drug-likeness (QED) is 0.727. The Morgan fingerprint density at radius 3 is 2.55 bits per heavy atom. The smallest absolute Gasteiger partial charge is 0.408 e. The highest BCUT2D eigenvalue weighted by Gasteiger charge is 2.12. The fraction of sp³-hybridized carbons (Fsp3) is 0.188. The summed E-state index contributed by atoms with van der Waals surface area (Å²) in [5, 5.41) is 0. The molecule has 102 valence electrons. The van der Waals surface area contributed by atoms with Gasteiger partial charge in [0.2, 0.25) is 0 Å². The number of nitrogens with two attached hydrogens (primary N) is 1. The molecule has 0 unspecified atom stereocenters. The Morgan fingerprint density at radius 1 is 1.15 bits per heavy atom. The number of fused-ring (bicyclic) bond motifs is 1. The van der Waals surface area contributed by atoms with Crippen LogP contribution in [0.15, 0.2) is 45.6 Å². The first-order chi connectivity index (χ1) is 9.56. The van der Waals surface area contributed by atoms with Gasteiger partial charge in [-0.15, -0.1) is 0 Å². The first-order valence-corrected chi connectivity index (χ1v) is 6.50. The minimum atomic E-state index is -0.353. The van der Waals surface area contributed by atoms with Gasteiger partial charge in [-0.05, 0) is 48.7 Å². The Labute approximate surface area is 116 Å². The SMILES string of the molecule is Cc1cccc(C)c1Cn1c(=O)oc2ccc(N)cc21. The molecule has 4 heteroatoms. The molecule has 3 rings (SSSR count). The van der Waals surface area contributed by atoms with Crippen LogP contribution in [0.2, 0.25) is 0 Å². The van der Waals surface area contributed by atoms with Crippen molar-refractivity contribution in [2.24, 2.45) is 0 Å². The molecular formula is C16H16N2O2. The standard InChI is InChI=1S/C16H16N2O2/c1-10-4-3-5-11(2)13(10)9-18-14-8-12(17)6-7-15(14)20-16(18)19/h3-8H,9,17H2,1-2H3. The van der Waals surface area contributed by atoms with E-state index in [4.69, 9.17) is 10.2 Å². The zero-order valence-electron chi connectivity index (χ0n) is 11.5. The third-order valence-corrected chi connectivity index (χ3v) is 3.65. The fourth-order valence-electron chi connectivity index (χ4n) is 2.49. The van der Waals surface area contributed by atoms with Gasteiger partial charge in [0.05, 0.1) is 12.1 Å². The lowest BCUT2D eigenvalue weighted by Gasteiger charge is -2.10. The van der Waals surface area contributed by atoms with E-state index in [1.807, 2.05) is 32.0 Å². The lowest BCUT2D eigenvalue weighted by Crippen LogP contribution is -2.16. The third-order valence-electron chi connectivity index (χ3n) is 3.65. The highest BCUT2D eigenvalue weighted by molar-refractivity contribution is 5.77. The number of anilines is 1. The zero-order valence-corrected chi connectivity index (χ0v) is 11.5. The lowest BCUT2D eigenvalue weighted by molar-refractivity contribution is 0.517. The van der Waals surface area contributed by atoms with Gasteiger partial charge in [-0.3, -0.25) is 4.57 Å². The van der Waals surface area contributed by atoms with E-state index < -0.39 is 0 Å². The molecule has 2 N–H and O–H groups in total. The predicted octanol–water partition coefficient (Wildman–Crippen LogP) is 2.84. The lowest BCUT2D eigenvalue weighted by atomic mass is 10.0. The largest absolute Gasteiger partial charge is 0.420 e. The van der Waals surface area contributed by atoms with Gasteiger partial charge in [0.1, 0.15) is 0 Å². The number of oxazole rings is 1. The second-order valence-electron chi connectivity index (χ2n) is 5.05. The third kappa shape index (κ3) is 1.99. The van der Waals surface area contributed by atoms with Gasteiger partial charge in [-0.25, -0.2) is 4.79 Å². The summed E-state index contributed by atoms with van der Waals surface area (Å²) >= 11 is 0. The first kappa shape index (κ1) is 12.5. The van der Waals surface area contributed by atoms with Gasteiger partial charge >= 0.3 is 5.76 Å². The second-order valence-corrected chi connectivity index (χ2v) is 5.05. The van der Waals surface area contributed by atoms with E-state index in [-0.39, 0.29) is 5.76 Å². The summed E-state index contributed by atoms with van der Waals surface area (Å²) in [6.45, 7) is 4.59. The van der Waals surface area contributed by atoms with Crippen LogP contribution >= 0.6 is 0 Å². The van der Waals surface area contributed by atoms with E-state index >= 15 is 0 Å². The Kier molecular flexibility index (Phi) is 2.86. The average molecular weight is 268 g/mol. The molecule has 3 aromatic rings. The molecule has 0 bridgehead atoms. The molecule has 0 aliphatic heterocycles. The molecule has 0 aliphatic rings. The van der Waals surface area contributed by atoms with Crippen molar-refractivity contribution in [1.82, 2.24) is 4.57 Å². The molecule has 0 amide bonds. The molecule has 1 aromatic heterocycles. The van der Waals surface area contributed by atoms with Crippen LogP contribution in [0.3, 0.4) is 0 Å². The second kappa shape index (κ2) is 4.56. The Hall–Kier alpha value is -2.49. The maximum atomic E-state index is 12.0. The first-order valence-electron chi connectivity index (χ1n) is 6.50. The minimum absolute atomic E-state index is 0.353. The topological polar surface area (TPSA) is 61.2 Å². The van der Waals surface area contributed by atoms with Gasteiger partial charge in [0.15, 0.2) is 5.58 Å². The van der Waals surface area contributed by atoms with Gasteiger partial charge in [0, 0.05) is 5.69 Å². The van der Waals surface area contributed by atoms with Crippen LogP contribution in [0.1, 0.15) is 16.7 Å². The van der Waals surface area contributed by atoms with Crippen molar-refractivity contribution in [2.45, 2.75) is 20.4 Å². The Morgan fingerprint density at radius 2 is 1.85 bits per heavy atom. The predicted molar refractivity (Wildman–Crippen MR) is 79.9 cm³/mol. The number of aromatic nitrogens is 1. The van der Waals surface area contributed by atoms with Crippen LogP contribution in [0, 0.1) is 13.8 Å². The van der Waals surface area contributed by atoms with Crippen LogP contribution in [-0.4, -0.2) is 4.57 Å². The maximum Gasteiger partial charge on any atom is 0.420 e. The molecule has 0 radical (unpaired) electrons. The molecule has 0 fully saturated rings.